The third-order valence-corrected chi connectivity index (χ3v) is 7.06. The van der Waals surface area contributed by atoms with Gasteiger partial charge in [-0.05, 0) is 18.8 Å². The molecule has 1 aliphatic carbocycles. The van der Waals surface area contributed by atoms with E-state index in [9.17, 15) is 14.4 Å². The molecule has 4 amide bonds. The SMILES string of the molecule is C=CCN(C(=O)CN1C(=O)N[C@@]2(CCCC[C@H]2C)C1=O)c1nc(-c2ccccc2)cs1. The monoisotopic (exact) mass is 438 g/mol. The molecule has 1 N–H and O–H groups in total. The lowest BCUT2D eigenvalue weighted by Crippen LogP contribution is -2.54. The molecule has 31 heavy (non-hydrogen) atoms. The fraction of sp³-hybridized carbons (Fsp3) is 0.391. The van der Waals surface area contributed by atoms with Crippen LogP contribution >= 0.6 is 11.3 Å². The van der Waals surface area contributed by atoms with Gasteiger partial charge in [0.05, 0.1) is 5.69 Å². The summed E-state index contributed by atoms with van der Waals surface area (Å²) in [4.78, 5) is 46.1. The van der Waals surface area contributed by atoms with Crippen molar-refractivity contribution in [2.24, 2.45) is 5.92 Å². The zero-order valence-corrected chi connectivity index (χ0v) is 18.4. The second-order valence-electron chi connectivity index (χ2n) is 8.11. The number of imide groups is 1. The van der Waals surface area contributed by atoms with Crippen LogP contribution in [0.25, 0.3) is 11.3 Å². The van der Waals surface area contributed by atoms with Crippen LogP contribution in [0.3, 0.4) is 0 Å². The topological polar surface area (TPSA) is 82.6 Å². The summed E-state index contributed by atoms with van der Waals surface area (Å²) in [6, 6.07) is 9.21. The van der Waals surface area contributed by atoms with E-state index in [1.54, 1.807) is 6.08 Å². The Balaban J connectivity index is 1.53. The predicted octanol–water partition coefficient (Wildman–Crippen LogP) is 3.83. The van der Waals surface area contributed by atoms with Crippen LogP contribution < -0.4 is 10.2 Å². The molecule has 0 radical (unpaired) electrons. The van der Waals surface area contributed by atoms with E-state index in [2.05, 4.69) is 16.9 Å². The number of hydrogen-bond acceptors (Lipinski definition) is 5. The number of thiazole rings is 1. The van der Waals surface area contributed by atoms with Crippen molar-refractivity contribution >= 4 is 34.3 Å². The minimum atomic E-state index is -0.874. The summed E-state index contributed by atoms with van der Waals surface area (Å²) in [6.45, 7) is 5.66. The molecule has 2 heterocycles. The first-order chi connectivity index (χ1) is 15.0. The summed E-state index contributed by atoms with van der Waals surface area (Å²) >= 11 is 1.34. The van der Waals surface area contributed by atoms with E-state index in [0.29, 0.717) is 11.6 Å². The second-order valence-corrected chi connectivity index (χ2v) is 8.95. The molecule has 2 atom stereocenters. The highest BCUT2D eigenvalue weighted by molar-refractivity contribution is 7.14. The molecule has 1 saturated carbocycles. The molecule has 0 unspecified atom stereocenters. The fourth-order valence-electron chi connectivity index (χ4n) is 4.41. The fourth-order valence-corrected chi connectivity index (χ4v) is 5.27. The van der Waals surface area contributed by atoms with Gasteiger partial charge >= 0.3 is 6.03 Å². The van der Waals surface area contributed by atoms with Gasteiger partial charge in [0, 0.05) is 17.5 Å². The minimum absolute atomic E-state index is 0.0504. The van der Waals surface area contributed by atoms with Crippen LogP contribution in [0, 0.1) is 5.92 Å². The summed E-state index contributed by atoms with van der Waals surface area (Å²) in [7, 11) is 0. The maximum atomic E-state index is 13.2. The van der Waals surface area contributed by atoms with Crippen LogP contribution in [-0.2, 0) is 9.59 Å². The van der Waals surface area contributed by atoms with E-state index in [1.165, 1.54) is 16.2 Å². The van der Waals surface area contributed by atoms with Crippen LogP contribution in [0.4, 0.5) is 9.93 Å². The Kier molecular flexibility index (Phi) is 5.91. The quantitative estimate of drug-likeness (QED) is 0.549. The van der Waals surface area contributed by atoms with Gasteiger partial charge in [0.25, 0.3) is 5.91 Å². The molecular weight excluding hydrogens is 412 g/mol. The molecule has 7 nitrogen and oxygen atoms in total. The Morgan fingerprint density at radius 2 is 2.13 bits per heavy atom. The third-order valence-electron chi connectivity index (χ3n) is 6.20. The normalized spacial score (nSPS) is 23.1. The summed E-state index contributed by atoms with van der Waals surface area (Å²) in [5.41, 5.74) is 0.853. The van der Waals surface area contributed by atoms with E-state index in [-0.39, 0.29) is 30.8 Å². The first-order valence-corrected chi connectivity index (χ1v) is 11.4. The Hall–Kier alpha value is -3.00. The van der Waals surface area contributed by atoms with Crippen molar-refractivity contribution < 1.29 is 14.4 Å². The van der Waals surface area contributed by atoms with Crippen molar-refractivity contribution in [2.45, 2.75) is 38.1 Å². The Morgan fingerprint density at radius 1 is 1.35 bits per heavy atom. The number of hydrogen-bond donors (Lipinski definition) is 1. The van der Waals surface area contributed by atoms with Crippen molar-refractivity contribution in [3.8, 4) is 11.3 Å². The van der Waals surface area contributed by atoms with Gasteiger partial charge in [-0.2, -0.15) is 0 Å². The van der Waals surface area contributed by atoms with Crippen molar-refractivity contribution in [2.75, 3.05) is 18.0 Å². The summed E-state index contributed by atoms with van der Waals surface area (Å²) < 4.78 is 0. The molecule has 162 valence electrons. The standard InChI is InChI=1S/C23H26N4O3S/c1-3-13-26(22-24-18(15-31-22)17-10-5-4-6-11-17)19(28)14-27-20(29)23(25-21(27)30)12-8-7-9-16(23)2/h3-6,10-11,15-16H,1,7-9,12-14H2,2H3,(H,25,30)/t16-,23-/m1/s1. The number of anilines is 1. The Morgan fingerprint density at radius 3 is 2.84 bits per heavy atom. The van der Waals surface area contributed by atoms with Gasteiger partial charge in [-0.25, -0.2) is 9.78 Å². The molecule has 0 bridgehead atoms. The number of rotatable bonds is 6. The molecule has 8 heteroatoms. The van der Waals surface area contributed by atoms with Crippen molar-refractivity contribution in [1.29, 1.82) is 0 Å². The summed E-state index contributed by atoms with van der Waals surface area (Å²) in [6.07, 6.45) is 5.05. The van der Waals surface area contributed by atoms with Gasteiger partial charge in [0.15, 0.2) is 5.13 Å². The second kappa shape index (κ2) is 8.63. The van der Waals surface area contributed by atoms with E-state index in [4.69, 9.17) is 0 Å². The van der Waals surface area contributed by atoms with Gasteiger partial charge in [-0.15, -0.1) is 17.9 Å². The van der Waals surface area contributed by atoms with Crippen LogP contribution in [-0.4, -0.2) is 46.4 Å². The number of carbonyl (C=O) groups is 3. The Labute approximate surface area is 185 Å². The van der Waals surface area contributed by atoms with Crippen LogP contribution in [0.2, 0.25) is 0 Å². The maximum absolute atomic E-state index is 13.2. The van der Waals surface area contributed by atoms with E-state index >= 15 is 0 Å². The average molecular weight is 439 g/mol. The van der Waals surface area contributed by atoms with Crippen molar-refractivity contribution in [3.63, 3.8) is 0 Å². The molecule has 1 spiro atoms. The highest BCUT2D eigenvalue weighted by atomic mass is 32.1. The smallest absolute Gasteiger partial charge is 0.323 e. The number of aromatic nitrogens is 1. The van der Waals surface area contributed by atoms with Crippen molar-refractivity contribution in [3.05, 3.63) is 48.4 Å². The zero-order chi connectivity index (χ0) is 22.0. The van der Waals surface area contributed by atoms with Gasteiger partial charge in [0.1, 0.15) is 12.1 Å². The molecule has 1 aromatic carbocycles. The molecule has 2 fully saturated rings. The lowest BCUT2D eigenvalue weighted by molar-refractivity contribution is -0.136. The number of nitrogens with one attached hydrogen (secondary N) is 1. The highest BCUT2D eigenvalue weighted by Gasteiger charge is 2.55. The highest BCUT2D eigenvalue weighted by Crippen LogP contribution is 2.38. The minimum Gasteiger partial charge on any atom is -0.323 e. The molecule has 2 aromatic rings. The van der Waals surface area contributed by atoms with Gasteiger partial charge in [-0.1, -0.05) is 56.2 Å². The number of benzene rings is 1. The number of urea groups is 1. The number of amides is 4. The summed E-state index contributed by atoms with van der Waals surface area (Å²) in [5.74, 6) is -0.604. The van der Waals surface area contributed by atoms with Gasteiger partial charge in [0.2, 0.25) is 5.91 Å². The van der Waals surface area contributed by atoms with Crippen molar-refractivity contribution in [1.82, 2.24) is 15.2 Å². The van der Waals surface area contributed by atoms with E-state index in [0.717, 1.165) is 35.4 Å². The summed E-state index contributed by atoms with van der Waals surface area (Å²) in [5, 5.41) is 5.29. The van der Waals surface area contributed by atoms with E-state index in [1.807, 2.05) is 42.6 Å². The van der Waals surface area contributed by atoms with E-state index < -0.39 is 11.6 Å². The molecule has 4 rings (SSSR count). The molecule has 2 aliphatic rings. The molecule has 1 aromatic heterocycles. The number of carbonyl (C=O) groups excluding carboxylic acids is 3. The lowest BCUT2D eigenvalue weighted by Gasteiger charge is -2.36. The number of nitrogens with zero attached hydrogens (tertiary/aromatic N) is 3. The molecule has 1 saturated heterocycles. The largest absolute Gasteiger partial charge is 0.325 e. The zero-order valence-electron chi connectivity index (χ0n) is 17.5. The Bertz CT molecular complexity index is 1010. The van der Waals surface area contributed by atoms with Crippen LogP contribution in [0.5, 0.6) is 0 Å². The van der Waals surface area contributed by atoms with Crippen LogP contribution in [0.15, 0.2) is 48.4 Å². The molecular formula is C23H26N4O3S. The van der Waals surface area contributed by atoms with Gasteiger partial charge < -0.3 is 5.32 Å². The lowest BCUT2D eigenvalue weighted by atomic mass is 9.73. The average Bonchev–Trinajstić information content (AvgIpc) is 3.35. The first kappa shape index (κ1) is 21.2. The third kappa shape index (κ3) is 3.87. The first-order valence-electron chi connectivity index (χ1n) is 10.5. The van der Waals surface area contributed by atoms with Crippen LogP contribution in [0.1, 0.15) is 32.6 Å². The molecule has 1 aliphatic heterocycles. The predicted molar refractivity (Wildman–Crippen MR) is 121 cm³/mol. The van der Waals surface area contributed by atoms with Gasteiger partial charge in [-0.3, -0.25) is 19.4 Å². The maximum Gasteiger partial charge on any atom is 0.325 e.